The third-order valence-electron chi connectivity index (χ3n) is 4.14. The van der Waals surface area contributed by atoms with Crippen molar-refractivity contribution in [3.8, 4) is 11.5 Å². The van der Waals surface area contributed by atoms with Gasteiger partial charge >= 0.3 is 0 Å². The van der Waals surface area contributed by atoms with Gasteiger partial charge in [0.05, 0.1) is 18.2 Å². The van der Waals surface area contributed by atoms with Crippen LogP contribution in [-0.4, -0.2) is 43.3 Å². The number of halogens is 2. The molecule has 4 nitrogen and oxygen atoms in total. The van der Waals surface area contributed by atoms with Gasteiger partial charge in [-0.2, -0.15) is 0 Å². The number of piperazine rings is 1. The average molecular weight is 347 g/mol. The fourth-order valence-corrected chi connectivity index (χ4v) is 3.22. The van der Waals surface area contributed by atoms with Gasteiger partial charge < -0.3 is 14.8 Å². The summed E-state index contributed by atoms with van der Waals surface area (Å²) in [7, 11) is 0. The second kappa shape index (κ2) is 7.73. The molecule has 22 heavy (non-hydrogen) atoms. The van der Waals surface area contributed by atoms with Crippen molar-refractivity contribution in [2.24, 2.45) is 0 Å². The van der Waals surface area contributed by atoms with Crippen LogP contribution in [0.25, 0.3) is 0 Å². The molecule has 0 aliphatic carbocycles. The summed E-state index contributed by atoms with van der Waals surface area (Å²) in [6.07, 6.45) is 0.896. The Morgan fingerprint density at radius 3 is 2.86 bits per heavy atom. The first-order valence-electron chi connectivity index (χ1n) is 7.69. The Morgan fingerprint density at radius 2 is 2.05 bits per heavy atom. The van der Waals surface area contributed by atoms with E-state index in [9.17, 15) is 0 Å². The Hall–Kier alpha value is -0.680. The van der Waals surface area contributed by atoms with E-state index in [1.54, 1.807) is 0 Å². The molecule has 2 unspecified atom stereocenters. The van der Waals surface area contributed by atoms with Crippen LogP contribution in [0.1, 0.15) is 25.8 Å². The lowest BCUT2D eigenvalue weighted by atomic mass is 10.1. The van der Waals surface area contributed by atoms with Crippen LogP contribution in [0, 0.1) is 0 Å². The minimum atomic E-state index is 0. The highest BCUT2D eigenvalue weighted by molar-refractivity contribution is 6.32. The molecule has 0 radical (unpaired) electrons. The van der Waals surface area contributed by atoms with Crippen LogP contribution in [0.4, 0.5) is 0 Å². The number of nitrogens with zero attached hydrogens (tertiary/aromatic N) is 1. The van der Waals surface area contributed by atoms with Gasteiger partial charge in [0, 0.05) is 38.1 Å². The molecule has 2 atom stereocenters. The molecule has 0 bridgehead atoms. The van der Waals surface area contributed by atoms with Crippen LogP contribution in [0.2, 0.25) is 5.02 Å². The highest BCUT2D eigenvalue weighted by atomic mass is 35.5. The first-order chi connectivity index (χ1) is 10.1. The molecule has 0 amide bonds. The number of fused-ring (bicyclic) bond motifs is 1. The quantitative estimate of drug-likeness (QED) is 0.891. The van der Waals surface area contributed by atoms with Crippen molar-refractivity contribution in [1.82, 2.24) is 10.2 Å². The van der Waals surface area contributed by atoms with Gasteiger partial charge in [-0.25, -0.2) is 0 Å². The molecular formula is C16H24Cl2N2O2. The predicted octanol–water partition coefficient (Wildman–Crippen LogP) is 3.11. The van der Waals surface area contributed by atoms with Crippen molar-refractivity contribution in [1.29, 1.82) is 0 Å². The number of nitrogens with one attached hydrogen (secondary N) is 1. The van der Waals surface area contributed by atoms with Crippen LogP contribution in [0.3, 0.4) is 0 Å². The molecule has 2 aliphatic rings. The summed E-state index contributed by atoms with van der Waals surface area (Å²) in [5, 5.41) is 4.16. The topological polar surface area (TPSA) is 33.7 Å². The average Bonchev–Trinajstić information content (AvgIpc) is 2.68. The summed E-state index contributed by atoms with van der Waals surface area (Å²) in [5.41, 5.74) is 1.19. The lowest BCUT2D eigenvalue weighted by Crippen LogP contribution is -2.53. The smallest absolute Gasteiger partial charge is 0.179 e. The summed E-state index contributed by atoms with van der Waals surface area (Å²) in [6, 6.07) is 5.13. The minimum Gasteiger partial charge on any atom is -0.489 e. The van der Waals surface area contributed by atoms with E-state index in [4.69, 9.17) is 21.1 Å². The zero-order valence-electron chi connectivity index (χ0n) is 13.1. The van der Waals surface area contributed by atoms with Crippen LogP contribution in [-0.2, 0) is 6.54 Å². The SMILES string of the molecule is CC1CN(Cc2cc(Cl)c3c(c2)OCCCO3)C(C)CN1.Cl. The van der Waals surface area contributed by atoms with Crippen molar-refractivity contribution in [3.05, 3.63) is 22.7 Å². The largest absolute Gasteiger partial charge is 0.489 e. The molecule has 2 aliphatic heterocycles. The molecule has 0 spiro atoms. The van der Waals surface area contributed by atoms with Crippen LogP contribution in [0.5, 0.6) is 11.5 Å². The molecule has 1 fully saturated rings. The van der Waals surface area contributed by atoms with Gasteiger partial charge in [0.15, 0.2) is 11.5 Å². The van der Waals surface area contributed by atoms with Gasteiger partial charge in [-0.1, -0.05) is 11.6 Å². The van der Waals surface area contributed by atoms with E-state index in [2.05, 4.69) is 30.1 Å². The number of rotatable bonds is 2. The highest BCUT2D eigenvalue weighted by Crippen LogP contribution is 2.38. The number of ether oxygens (including phenoxy) is 2. The summed E-state index contributed by atoms with van der Waals surface area (Å²) in [4.78, 5) is 2.48. The number of hydrogen-bond donors (Lipinski definition) is 1. The van der Waals surface area contributed by atoms with E-state index < -0.39 is 0 Å². The summed E-state index contributed by atoms with van der Waals surface area (Å²) < 4.78 is 11.4. The molecule has 0 aromatic heterocycles. The highest BCUT2D eigenvalue weighted by Gasteiger charge is 2.23. The van der Waals surface area contributed by atoms with Gasteiger partial charge in [-0.05, 0) is 31.5 Å². The van der Waals surface area contributed by atoms with Gasteiger partial charge in [0.25, 0.3) is 0 Å². The zero-order chi connectivity index (χ0) is 14.8. The summed E-state index contributed by atoms with van der Waals surface area (Å²) in [5.74, 6) is 1.48. The molecule has 1 aromatic carbocycles. The van der Waals surface area contributed by atoms with Crippen molar-refractivity contribution in [2.75, 3.05) is 26.3 Å². The van der Waals surface area contributed by atoms with Gasteiger partial charge in [-0.15, -0.1) is 12.4 Å². The number of hydrogen-bond acceptors (Lipinski definition) is 4. The van der Waals surface area contributed by atoms with Crippen LogP contribution < -0.4 is 14.8 Å². The molecule has 1 aromatic rings. The standard InChI is InChI=1S/C16H23ClN2O2.ClH/c1-11-9-19(12(2)8-18-11)10-13-6-14(17)16-15(7-13)20-4-3-5-21-16;/h6-7,11-12,18H,3-5,8-10H2,1-2H3;1H. The van der Waals surface area contributed by atoms with E-state index in [-0.39, 0.29) is 12.4 Å². The Balaban J connectivity index is 0.00000176. The molecule has 1 N–H and O–H groups in total. The molecule has 0 saturated carbocycles. The van der Waals surface area contributed by atoms with Gasteiger partial charge in [0.2, 0.25) is 0 Å². The van der Waals surface area contributed by atoms with Gasteiger partial charge in [-0.3, -0.25) is 4.90 Å². The van der Waals surface area contributed by atoms with Crippen molar-refractivity contribution < 1.29 is 9.47 Å². The van der Waals surface area contributed by atoms with Crippen molar-refractivity contribution in [2.45, 2.75) is 38.9 Å². The first kappa shape index (κ1) is 17.7. The predicted molar refractivity (Wildman–Crippen MR) is 91.6 cm³/mol. The molecule has 6 heteroatoms. The third kappa shape index (κ3) is 3.99. The van der Waals surface area contributed by atoms with E-state index in [0.29, 0.717) is 36.1 Å². The second-order valence-corrected chi connectivity index (χ2v) is 6.45. The first-order valence-corrected chi connectivity index (χ1v) is 8.06. The van der Waals surface area contributed by atoms with E-state index in [0.717, 1.165) is 31.8 Å². The summed E-state index contributed by atoms with van der Waals surface area (Å²) >= 11 is 6.37. The van der Waals surface area contributed by atoms with Gasteiger partial charge in [0.1, 0.15) is 0 Å². The molecule has 1 saturated heterocycles. The molecule has 3 rings (SSSR count). The van der Waals surface area contributed by atoms with E-state index >= 15 is 0 Å². The third-order valence-corrected chi connectivity index (χ3v) is 4.42. The van der Waals surface area contributed by atoms with Crippen molar-refractivity contribution in [3.63, 3.8) is 0 Å². The maximum Gasteiger partial charge on any atom is 0.179 e. The Kier molecular flexibility index (Phi) is 6.21. The fourth-order valence-electron chi connectivity index (χ4n) is 2.93. The second-order valence-electron chi connectivity index (χ2n) is 6.04. The molecular weight excluding hydrogens is 323 g/mol. The Labute approximate surface area is 143 Å². The molecule has 124 valence electrons. The Bertz CT molecular complexity index is 513. The summed E-state index contributed by atoms with van der Waals surface area (Å²) in [6.45, 7) is 8.80. The lowest BCUT2D eigenvalue weighted by Gasteiger charge is -2.37. The molecule has 2 heterocycles. The normalized spacial score (nSPS) is 25.2. The number of benzene rings is 1. The monoisotopic (exact) mass is 346 g/mol. The Morgan fingerprint density at radius 1 is 1.27 bits per heavy atom. The van der Waals surface area contributed by atoms with Crippen LogP contribution >= 0.6 is 24.0 Å². The van der Waals surface area contributed by atoms with E-state index in [1.165, 1.54) is 5.56 Å². The maximum atomic E-state index is 6.37. The van der Waals surface area contributed by atoms with Crippen molar-refractivity contribution >= 4 is 24.0 Å². The maximum absolute atomic E-state index is 6.37. The lowest BCUT2D eigenvalue weighted by molar-refractivity contribution is 0.138. The zero-order valence-corrected chi connectivity index (χ0v) is 14.7. The van der Waals surface area contributed by atoms with Crippen LogP contribution in [0.15, 0.2) is 12.1 Å². The van der Waals surface area contributed by atoms with E-state index in [1.807, 2.05) is 6.07 Å². The fraction of sp³-hybridized carbons (Fsp3) is 0.625. The minimum absolute atomic E-state index is 0.